The molecular formula is C3H5ClO3-2. The molecule has 0 heterocycles. The zero-order valence-electron chi connectivity index (χ0n) is 3.59. The van der Waals surface area contributed by atoms with E-state index in [1.165, 1.54) is 0 Å². The molecule has 0 radical (unpaired) electrons. The van der Waals surface area contributed by atoms with Gasteiger partial charge in [0.25, 0.3) is 0 Å². The summed E-state index contributed by atoms with van der Waals surface area (Å²) < 4.78 is 3.95. The summed E-state index contributed by atoms with van der Waals surface area (Å²) in [5.74, 6) is 0.195. The Morgan fingerprint density at radius 1 is 1.57 bits per heavy atom. The van der Waals surface area contributed by atoms with Gasteiger partial charge in [-0.15, -0.1) is 18.1 Å². The molecule has 0 spiro atoms. The van der Waals surface area contributed by atoms with Gasteiger partial charge in [0.05, 0.1) is 6.61 Å². The van der Waals surface area contributed by atoms with Crippen LogP contribution in [0.3, 0.4) is 0 Å². The standard InChI is InChI=1S/C3H5ClO3/c4-1-2-7-3(5)6/h3H,1-2H2/q-2. The van der Waals surface area contributed by atoms with Gasteiger partial charge in [-0.25, -0.2) is 0 Å². The largest absolute Gasteiger partial charge is 0.845 e. The van der Waals surface area contributed by atoms with E-state index in [1.54, 1.807) is 0 Å². The fourth-order valence-corrected chi connectivity index (χ4v) is 0.230. The summed E-state index contributed by atoms with van der Waals surface area (Å²) in [6, 6.07) is 0. The summed E-state index contributed by atoms with van der Waals surface area (Å²) in [6.07, 6.45) is 0. The lowest BCUT2D eigenvalue weighted by atomic mass is 10.9. The summed E-state index contributed by atoms with van der Waals surface area (Å²) in [7, 11) is 0. The molecule has 7 heavy (non-hydrogen) atoms. The maximum atomic E-state index is 9.45. The molecule has 0 unspecified atom stereocenters. The van der Waals surface area contributed by atoms with Gasteiger partial charge in [-0.3, -0.25) is 0 Å². The molecule has 0 saturated carbocycles. The second-order valence-electron chi connectivity index (χ2n) is 0.848. The van der Waals surface area contributed by atoms with Gasteiger partial charge in [0.2, 0.25) is 0 Å². The quantitative estimate of drug-likeness (QED) is 0.331. The van der Waals surface area contributed by atoms with Crippen LogP contribution < -0.4 is 10.2 Å². The van der Waals surface area contributed by atoms with Crippen LogP contribution in [0.1, 0.15) is 0 Å². The monoisotopic (exact) mass is 124 g/mol. The Bertz CT molecular complexity index is 39.2. The third kappa shape index (κ3) is 6.17. The average Bonchev–Trinajstić information content (AvgIpc) is 1.61. The number of rotatable bonds is 3. The molecule has 0 rings (SSSR count). The lowest BCUT2D eigenvalue weighted by Crippen LogP contribution is -2.41. The fourth-order valence-electron chi connectivity index (χ4n) is 0.141. The second-order valence-corrected chi connectivity index (χ2v) is 1.23. The van der Waals surface area contributed by atoms with Crippen molar-refractivity contribution in [1.29, 1.82) is 0 Å². The van der Waals surface area contributed by atoms with Crippen molar-refractivity contribution >= 4 is 11.6 Å². The Morgan fingerprint density at radius 3 is 2.29 bits per heavy atom. The van der Waals surface area contributed by atoms with Gasteiger partial charge in [0, 0.05) is 5.88 Å². The number of hydrogen-bond donors (Lipinski definition) is 0. The van der Waals surface area contributed by atoms with Crippen LogP contribution in [0.25, 0.3) is 0 Å². The highest BCUT2D eigenvalue weighted by molar-refractivity contribution is 6.17. The van der Waals surface area contributed by atoms with Crippen LogP contribution in [-0.4, -0.2) is 19.0 Å². The lowest BCUT2D eigenvalue weighted by Gasteiger charge is -2.27. The van der Waals surface area contributed by atoms with Crippen molar-refractivity contribution in [3.8, 4) is 0 Å². The molecular weight excluding hydrogens is 119 g/mol. The van der Waals surface area contributed by atoms with Crippen molar-refractivity contribution < 1.29 is 14.9 Å². The van der Waals surface area contributed by atoms with E-state index in [2.05, 4.69) is 4.74 Å². The van der Waals surface area contributed by atoms with Crippen LogP contribution >= 0.6 is 11.6 Å². The molecule has 0 aliphatic carbocycles. The summed E-state index contributed by atoms with van der Waals surface area (Å²) in [4.78, 5) is 0. The number of alkyl halides is 1. The zero-order valence-corrected chi connectivity index (χ0v) is 4.35. The van der Waals surface area contributed by atoms with Crippen molar-refractivity contribution in [3.05, 3.63) is 0 Å². The van der Waals surface area contributed by atoms with Crippen LogP contribution in [0, 0.1) is 0 Å². The van der Waals surface area contributed by atoms with Gasteiger partial charge < -0.3 is 14.9 Å². The first kappa shape index (κ1) is 7.17. The number of hydrogen-bond acceptors (Lipinski definition) is 3. The summed E-state index contributed by atoms with van der Waals surface area (Å²) in [5, 5.41) is 18.9. The van der Waals surface area contributed by atoms with E-state index in [9.17, 15) is 10.2 Å². The normalized spacial score (nSPS) is 10.3. The molecule has 4 heteroatoms. The van der Waals surface area contributed by atoms with E-state index >= 15 is 0 Å². The van der Waals surface area contributed by atoms with Crippen LogP contribution in [0.5, 0.6) is 0 Å². The third-order valence-electron chi connectivity index (χ3n) is 0.331. The first-order valence-electron chi connectivity index (χ1n) is 1.76. The van der Waals surface area contributed by atoms with Gasteiger partial charge in [-0.1, -0.05) is 0 Å². The van der Waals surface area contributed by atoms with E-state index in [-0.39, 0.29) is 12.5 Å². The molecule has 0 aromatic carbocycles. The molecule has 0 atom stereocenters. The van der Waals surface area contributed by atoms with E-state index < -0.39 is 6.48 Å². The van der Waals surface area contributed by atoms with Gasteiger partial charge in [-0.2, -0.15) is 0 Å². The first-order valence-corrected chi connectivity index (χ1v) is 2.30. The highest BCUT2D eigenvalue weighted by Crippen LogP contribution is 1.75. The molecule has 0 aliphatic heterocycles. The molecule has 0 bridgehead atoms. The van der Waals surface area contributed by atoms with Gasteiger partial charge >= 0.3 is 0 Å². The van der Waals surface area contributed by atoms with Crippen LogP contribution in [0.2, 0.25) is 0 Å². The Hall–Kier alpha value is 0.170. The summed E-state index contributed by atoms with van der Waals surface area (Å²) in [6.45, 7) is -2.14. The van der Waals surface area contributed by atoms with Crippen LogP contribution in [0.4, 0.5) is 0 Å². The van der Waals surface area contributed by atoms with Gasteiger partial charge in [0.15, 0.2) is 0 Å². The number of ether oxygens (including phenoxy) is 1. The topological polar surface area (TPSA) is 55.3 Å². The van der Waals surface area contributed by atoms with Gasteiger partial charge in [-0.05, 0) is 0 Å². The zero-order chi connectivity index (χ0) is 5.70. The fraction of sp³-hybridized carbons (Fsp3) is 1.00. The molecule has 0 fully saturated rings. The average molecular weight is 125 g/mol. The molecule has 0 aromatic heterocycles. The minimum absolute atomic E-state index is 0.0409. The SMILES string of the molecule is [O-]C([O-])OCCCl. The molecule has 3 nitrogen and oxygen atoms in total. The second kappa shape index (κ2) is 4.33. The third-order valence-corrected chi connectivity index (χ3v) is 0.485. The Balaban J connectivity index is 2.68. The Morgan fingerprint density at radius 2 is 2.14 bits per heavy atom. The summed E-state index contributed by atoms with van der Waals surface area (Å²) in [5.41, 5.74) is 0. The van der Waals surface area contributed by atoms with E-state index in [0.717, 1.165) is 0 Å². The van der Waals surface area contributed by atoms with Crippen molar-refractivity contribution in [2.45, 2.75) is 6.48 Å². The maximum absolute atomic E-state index is 9.45. The van der Waals surface area contributed by atoms with E-state index in [0.29, 0.717) is 0 Å². The maximum Gasteiger partial charge on any atom is 0.0569 e. The van der Waals surface area contributed by atoms with E-state index in [1.807, 2.05) is 0 Å². The van der Waals surface area contributed by atoms with Crippen molar-refractivity contribution in [2.75, 3.05) is 12.5 Å². The van der Waals surface area contributed by atoms with E-state index in [4.69, 9.17) is 11.6 Å². The minimum atomic E-state index is -2.18. The molecule has 0 aromatic rings. The molecule has 0 aliphatic rings. The molecule has 0 N–H and O–H groups in total. The van der Waals surface area contributed by atoms with Crippen molar-refractivity contribution in [1.82, 2.24) is 0 Å². The lowest BCUT2D eigenvalue weighted by molar-refractivity contribution is -0.718. The Kier molecular flexibility index (Phi) is 4.44. The highest BCUT2D eigenvalue weighted by atomic mass is 35.5. The predicted octanol–water partition coefficient (Wildman–Crippen LogP) is -1.75. The van der Waals surface area contributed by atoms with Crippen molar-refractivity contribution in [2.24, 2.45) is 0 Å². The smallest absolute Gasteiger partial charge is 0.0569 e. The van der Waals surface area contributed by atoms with Crippen LogP contribution in [-0.2, 0) is 4.74 Å². The molecule has 0 saturated heterocycles. The number of halogens is 1. The van der Waals surface area contributed by atoms with Gasteiger partial charge in [0.1, 0.15) is 0 Å². The molecule has 0 amide bonds. The van der Waals surface area contributed by atoms with Crippen molar-refractivity contribution in [3.63, 3.8) is 0 Å². The Labute approximate surface area is 46.5 Å². The highest BCUT2D eigenvalue weighted by Gasteiger charge is 1.74. The minimum Gasteiger partial charge on any atom is -0.845 e. The first-order chi connectivity index (χ1) is 3.27. The summed E-state index contributed by atoms with van der Waals surface area (Å²) >= 11 is 5.04. The molecule has 44 valence electrons. The van der Waals surface area contributed by atoms with Crippen LogP contribution in [0.15, 0.2) is 0 Å². The predicted molar refractivity (Wildman–Crippen MR) is 20.5 cm³/mol.